The van der Waals surface area contributed by atoms with Crippen molar-refractivity contribution in [2.24, 2.45) is 11.8 Å². The fourth-order valence-corrected chi connectivity index (χ4v) is 3.54. The first-order valence-corrected chi connectivity index (χ1v) is 8.24. The van der Waals surface area contributed by atoms with E-state index in [4.69, 9.17) is 0 Å². The summed E-state index contributed by atoms with van der Waals surface area (Å²) in [6.07, 6.45) is 3.70. The lowest BCUT2D eigenvalue weighted by Gasteiger charge is -2.38. The summed E-state index contributed by atoms with van der Waals surface area (Å²) in [4.78, 5) is 14.6. The van der Waals surface area contributed by atoms with Gasteiger partial charge in [-0.25, -0.2) is 0 Å². The van der Waals surface area contributed by atoms with E-state index in [-0.39, 0.29) is 5.91 Å². The molecular formula is C16H31N3O. The number of carbonyl (C=O) groups excluding carboxylic acids is 1. The molecule has 2 fully saturated rings. The number of hydrogen-bond acceptors (Lipinski definition) is 3. The first-order chi connectivity index (χ1) is 9.47. The van der Waals surface area contributed by atoms with Crippen LogP contribution in [0, 0.1) is 11.8 Å². The Kier molecular flexibility index (Phi) is 5.44. The minimum atomic E-state index is 0.205. The van der Waals surface area contributed by atoms with E-state index >= 15 is 0 Å². The first-order valence-electron chi connectivity index (χ1n) is 8.24. The highest BCUT2D eigenvalue weighted by atomic mass is 16.2. The molecule has 116 valence electrons. The lowest BCUT2D eigenvalue weighted by Crippen LogP contribution is -2.57. The Balaban J connectivity index is 1.82. The highest BCUT2D eigenvalue weighted by Crippen LogP contribution is 2.29. The molecule has 4 nitrogen and oxygen atoms in total. The van der Waals surface area contributed by atoms with Gasteiger partial charge in [0.2, 0.25) is 5.91 Å². The van der Waals surface area contributed by atoms with Gasteiger partial charge in [0.05, 0.1) is 6.54 Å². The molecule has 2 rings (SSSR count). The van der Waals surface area contributed by atoms with Gasteiger partial charge in [0.15, 0.2) is 0 Å². The van der Waals surface area contributed by atoms with Crippen molar-refractivity contribution in [1.29, 1.82) is 0 Å². The van der Waals surface area contributed by atoms with Crippen LogP contribution in [0.3, 0.4) is 0 Å². The van der Waals surface area contributed by atoms with Crippen LogP contribution in [0.4, 0.5) is 0 Å². The summed E-state index contributed by atoms with van der Waals surface area (Å²) in [7, 11) is 0. The van der Waals surface area contributed by atoms with Gasteiger partial charge in [0, 0.05) is 31.2 Å². The Morgan fingerprint density at radius 2 is 2.00 bits per heavy atom. The molecule has 2 N–H and O–H groups in total. The molecule has 1 saturated carbocycles. The summed E-state index contributed by atoms with van der Waals surface area (Å²) < 4.78 is 0. The second-order valence-corrected chi connectivity index (χ2v) is 7.03. The van der Waals surface area contributed by atoms with Crippen molar-refractivity contribution in [3.63, 3.8) is 0 Å². The molecule has 1 amide bonds. The van der Waals surface area contributed by atoms with E-state index in [0.29, 0.717) is 30.6 Å². The quantitative estimate of drug-likeness (QED) is 0.826. The second-order valence-electron chi connectivity index (χ2n) is 7.03. The third-order valence-corrected chi connectivity index (χ3v) is 5.29. The van der Waals surface area contributed by atoms with E-state index < -0.39 is 0 Å². The van der Waals surface area contributed by atoms with Gasteiger partial charge in [-0.1, -0.05) is 26.7 Å². The van der Waals surface area contributed by atoms with E-state index in [1.165, 1.54) is 12.8 Å². The molecule has 0 radical (unpaired) electrons. The van der Waals surface area contributed by atoms with Gasteiger partial charge in [-0.3, -0.25) is 9.69 Å². The molecule has 1 aliphatic heterocycles. The van der Waals surface area contributed by atoms with Crippen molar-refractivity contribution in [3.8, 4) is 0 Å². The Morgan fingerprint density at radius 1 is 1.25 bits per heavy atom. The van der Waals surface area contributed by atoms with Crippen LogP contribution in [0.25, 0.3) is 0 Å². The highest BCUT2D eigenvalue weighted by Gasteiger charge is 2.29. The number of nitrogens with zero attached hydrogens (tertiary/aromatic N) is 1. The van der Waals surface area contributed by atoms with Crippen LogP contribution in [0.5, 0.6) is 0 Å². The van der Waals surface area contributed by atoms with Gasteiger partial charge >= 0.3 is 0 Å². The lowest BCUT2D eigenvalue weighted by atomic mass is 9.78. The Hall–Kier alpha value is -0.610. The van der Waals surface area contributed by atoms with Crippen LogP contribution < -0.4 is 10.6 Å². The SMILES string of the molecule is CC1CN(CC(=O)NC2CCCC(C)C2C)C(C)CN1. The standard InChI is InChI=1S/C16H31N3O/c1-11-6-5-7-15(14(11)4)18-16(20)10-19-9-12(2)17-8-13(19)3/h11-15,17H,5-10H2,1-4H3,(H,18,20). The number of piperazine rings is 1. The Bertz CT molecular complexity index is 328. The van der Waals surface area contributed by atoms with E-state index in [1.54, 1.807) is 0 Å². The largest absolute Gasteiger partial charge is 0.352 e. The number of carbonyl (C=O) groups is 1. The third kappa shape index (κ3) is 3.95. The summed E-state index contributed by atoms with van der Waals surface area (Å²) in [5.74, 6) is 1.54. The van der Waals surface area contributed by atoms with Crippen LogP contribution in [-0.4, -0.2) is 48.6 Å². The molecule has 2 aliphatic rings. The zero-order chi connectivity index (χ0) is 14.7. The van der Waals surface area contributed by atoms with Crippen LogP contribution in [0.15, 0.2) is 0 Å². The van der Waals surface area contributed by atoms with Crippen molar-refractivity contribution in [1.82, 2.24) is 15.5 Å². The van der Waals surface area contributed by atoms with Crippen molar-refractivity contribution in [3.05, 3.63) is 0 Å². The van der Waals surface area contributed by atoms with Gasteiger partial charge in [0.25, 0.3) is 0 Å². The Labute approximate surface area is 123 Å². The van der Waals surface area contributed by atoms with Gasteiger partial charge in [0.1, 0.15) is 0 Å². The number of amides is 1. The van der Waals surface area contributed by atoms with Crippen LogP contribution >= 0.6 is 0 Å². The number of rotatable bonds is 3. The molecule has 5 unspecified atom stereocenters. The normalized spacial score (nSPS) is 39.5. The van der Waals surface area contributed by atoms with Crippen LogP contribution in [0.2, 0.25) is 0 Å². The van der Waals surface area contributed by atoms with Crippen LogP contribution in [-0.2, 0) is 4.79 Å². The van der Waals surface area contributed by atoms with Gasteiger partial charge < -0.3 is 10.6 Å². The molecule has 0 aromatic carbocycles. The van der Waals surface area contributed by atoms with E-state index in [2.05, 4.69) is 43.2 Å². The number of hydrogen-bond donors (Lipinski definition) is 2. The van der Waals surface area contributed by atoms with Crippen molar-refractivity contribution in [2.75, 3.05) is 19.6 Å². The van der Waals surface area contributed by atoms with E-state index in [9.17, 15) is 4.79 Å². The topological polar surface area (TPSA) is 44.4 Å². The summed E-state index contributed by atoms with van der Waals surface area (Å²) in [6.45, 7) is 11.5. The fraction of sp³-hybridized carbons (Fsp3) is 0.938. The molecule has 0 aromatic rings. The second kappa shape index (κ2) is 6.90. The zero-order valence-electron chi connectivity index (χ0n) is 13.5. The third-order valence-electron chi connectivity index (χ3n) is 5.29. The number of nitrogens with one attached hydrogen (secondary N) is 2. The lowest BCUT2D eigenvalue weighted by molar-refractivity contribution is -0.124. The van der Waals surface area contributed by atoms with Gasteiger partial charge in [-0.05, 0) is 32.1 Å². The van der Waals surface area contributed by atoms with Crippen molar-refractivity contribution >= 4 is 5.91 Å². The summed E-state index contributed by atoms with van der Waals surface area (Å²) in [5.41, 5.74) is 0. The minimum Gasteiger partial charge on any atom is -0.352 e. The van der Waals surface area contributed by atoms with E-state index in [0.717, 1.165) is 25.4 Å². The van der Waals surface area contributed by atoms with Crippen LogP contribution in [0.1, 0.15) is 47.0 Å². The molecule has 5 atom stereocenters. The zero-order valence-corrected chi connectivity index (χ0v) is 13.5. The average molecular weight is 281 g/mol. The molecule has 0 bridgehead atoms. The first kappa shape index (κ1) is 15.8. The van der Waals surface area contributed by atoms with Gasteiger partial charge in [-0.2, -0.15) is 0 Å². The summed E-state index contributed by atoms with van der Waals surface area (Å²) in [6, 6.07) is 1.30. The smallest absolute Gasteiger partial charge is 0.234 e. The molecular weight excluding hydrogens is 250 g/mol. The molecule has 1 aliphatic carbocycles. The van der Waals surface area contributed by atoms with Gasteiger partial charge in [-0.15, -0.1) is 0 Å². The Morgan fingerprint density at radius 3 is 2.75 bits per heavy atom. The predicted molar refractivity (Wildman–Crippen MR) is 82.6 cm³/mol. The maximum Gasteiger partial charge on any atom is 0.234 e. The van der Waals surface area contributed by atoms with Crippen molar-refractivity contribution < 1.29 is 4.79 Å². The maximum atomic E-state index is 12.3. The molecule has 0 spiro atoms. The maximum absolute atomic E-state index is 12.3. The molecule has 1 saturated heterocycles. The van der Waals surface area contributed by atoms with E-state index in [1.807, 2.05) is 0 Å². The monoisotopic (exact) mass is 281 g/mol. The molecule has 4 heteroatoms. The molecule has 1 heterocycles. The predicted octanol–water partition coefficient (Wildman–Crippen LogP) is 1.61. The highest BCUT2D eigenvalue weighted by molar-refractivity contribution is 5.78. The van der Waals surface area contributed by atoms with Crippen molar-refractivity contribution in [2.45, 2.75) is 65.1 Å². The summed E-state index contributed by atoms with van der Waals surface area (Å²) in [5, 5.41) is 6.74. The summed E-state index contributed by atoms with van der Waals surface area (Å²) >= 11 is 0. The minimum absolute atomic E-state index is 0.205. The molecule has 20 heavy (non-hydrogen) atoms. The molecule has 0 aromatic heterocycles. The fourth-order valence-electron chi connectivity index (χ4n) is 3.54. The average Bonchev–Trinajstić information content (AvgIpc) is 2.39.